The first-order valence-corrected chi connectivity index (χ1v) is 5.99. The van der Waals surface area contributed by atoms with Crippen molar-refractivity contribution in [3.8, 4) is 0 Å². The van der Waals surface area contributed by atoms with Gasteiger partial charge in [-0.1, -0.05) is 6.07 Å². The van der Waals surface area contributed by atoms with Gasteiger partial charge in [-0.2, -0.15) is 13.2 Å². The van der Waals surface area contributed by atoms with Gasteiger partial charge in [0, 0.05) is 18.7 Å². The topological polar surface area (TPSA) is 34.0 Å². The summed E-state index contributed by atoms with van der Waals surface area (Å²) in [6.07, 6.45) is -1.69. The van der Waals surface area contributed by atoms with Crippen LogP contribution < -0.4 is 10.9 Å². The first kappa shape index (κ1) is 13.1. The molecule has 0 radical (unpaired) electrons. The molecule has 0 bridgehead atoms. The van der Waals surface area contributed by atoms with Gasteiger partial charge in [0.25, 0.3) is 5.56 Å². The number of hydrogen-bond acceptors (Lipinski definition) is 2. The summed E-state index contributed by atoms with van der Waals surface area (Å²) in [6.45, 7) is 0.734. The van der Waals surface area contributed by atoms with E-state index in [1.54, 1.807) is 0 Å². The second-order valence-corrected chi connectivity index (χ2v) is 4.48. The van der Waals surface area contributed by atoms with Gasteiger partial charge < -0.3 is 9.88 Å². The van der Waals surface area contributed by atoms with E-state index in [1.807, 2.05) is 0 Å². The Labute approximate surface area is 103 Å². The van der Waals surface area contributed by atoms with Gasteiger partial charge in [-0.25, -0.2) is 0 Å². The summed E-state index contributed by atoms with van der Waals surface area (Å²) in [7, 11) is 0. The van der Waals surface area contributed by atoms with Crippen LogP contribution in [0.2, 0.25) is 0 Å². The fourth-order valence-corrected chi connectivity index (χ4v) is 1.83. The minimum atomic E-state index is -4.48. The Balaban J connectivity index is 2.02. The molecule has 1 aliphatic carbocycles. The summed E-state index contributed by atoms with van der Waals surface area (Å²) in [4.78, 5) is 11.5. The van der Waals surface area contributed by atoms with Crippen molar-refractivity contribution in [2.45, 2.75) is 38.0 Å². The third kappa shape index (κ3) is 3.35. The Morgan fingerprint density at radius 3 is 2.67 bits per heavy atom. The zero-order valence-corrected chi connectivity index (χ0v) is 9.83. The van der Waals surface area contributed by atoms with Crippen molar-refractivity contribution >= 4 is 0 Å². The van der Waals surface area contributed by atoms with Crippen LogP contribution in [0.3, 0.4) is 0 Å². The monoisotopic (exact) mass is 260 g/mol. The van der Waals surface area contributed by atoms with Crippen LogP contribution in [0.5, 0.6) is 0 Å². The Morgan fingerprint density at radius 2 is 2.06 bits per heavy atom. The fraction of sp³-hybridized carbons (Fsp3) is 0.583. The third-order valence-electron chi connectivity index (χ3n) is 2.91. The second-order valence-electron chi connectivity index (χ2n) is 4.48. The normalized spacial score (nSPS) is 15.9. The molecule has 1 heterocycles. The number of aromatic nitrogens is 1. The minimum absolute atomic E-state index is 0.0915. The van der Waals surface area contributed by atoms with Crippen molar-refractivity contribution in [2.24, 2.45) is 0 Å². The highest BCUT2D eigenvalue weighted by Gasteiger charge is 2.33. The highest BCUT2D eigenvalue weighted by molar-refractivity contribution is 5.10. The quantitative estimate of drug-likeness (QED) is 0.822. The molecule has 0 unspecified atom stereocenters. The van der Waals surface area contributed by atoms with E-state index in [0.717, 1.165) is 35.6 Å². The van der Waals surface area contributed by atoms with Crippen molar-refractivity contribution in [1.29, 1.82) is 0 Å². The average Bonchev–Trinajstić information content (AvgIpc) is 3.08. The van der Waals surface area contributed by atoms with E-state index in [0.29, 0.717) is 19.0 Å². The van der Waals surface area contributed by atoms with Gasteiger partial charge in [0.2, 0.25) is 0 Å². The summed E-state index contributed by atoms with van der Waals surface area (Å²) >= 11 is 0. The zero-order valence-electron chi connectivity index (χ0n) is 9.83. The first-order valence-electron chi connectivity index (χ1n) is 5.99. The summed E-state index contributed by atoms with van der Waals surface area (Å²) in [5, 5.41) is 3.21. The number of halogens is 3. The third-order valence-corrected chi connectivity index (χ3v) is 2.91. The lowest BCUT2D eigenvalue weighted by Crippen LogP contribution is -2.29. The molecule has 0 atom stereocenters. The molecule has 0 amide bonds. The van der Waals surface area contributed by atoms with Gasteiger partial charge in [-0.3, -0.25) is 4.79 Å². The van der Waals surface area contributed by atoms with Gasteiger partial charge in [-0.05, 0) is 31.9 Å². The standard InChI is InChI=1S/C12H15F3N2O/c13-12(14,15)10-3-1-4-11(18)17(10)8-2-7-16-9-5-6-9/h1,3-4,9,16H,2,5-8H2. The lowest BCUT2D eigenvalue weighted by atomic mass is 10.3. The largest absolute Gasteiger partial charge is 0.431 e. The van der Waals surface area contributed by atoms with Crippen molar-refractivity contribution in [3.05, 3.63) is 34.2 Å². The first-order chi connectivity index (χ1) is 8.48. The number of pyridine rings is 1. The van der Waals surface area contributed by atoms with Crippen LogP contribution in [0, 0.1) is 0 Å². The van der Waals surface area contributed by atoms with E-state index in [2.05, 4.69) is 5.32 Å². The Kier molecular flexibility index (Phi) is 3.75. The molecule has 3 nitrogen and oxygen atoms in total. The molecule has 1 fully saturated rings. The number of rotatable bonds is 5. The molecular formula is C12H15F3N2O. The number of nitrogens with zero attached hydrogens (tertiary/aromatic N) is 1. The molecule has 1 aliphatic rings. The van der Waals surface area contributed by atoms with Gasteiger partial charge in [0.05, 0.1) is 0 Å². The van der Waals surface area contributed by atoms with Gasteiger partial charge in [0.1, 0.15) is 5.69 Å². The summed E-state index contributed by atoms with van der Waals surface area (Å²) < 4.78 is 38.9. The van der Waals surface area contributed by atoms with Gasteiger partial charge >= 0.3 is 6.18 Å². The van der Waals surface area contributed by atoms with Crippen molar-refractivity contribution < 1.29 is 13.2 Å². The van der Waals surface area contributed by atoms with E-state index >= 15 is 0 Å². The molecule has 0 saturated heterocycles. The van der Waals surface area contributed by atoms with Crippen LogP contribution in [0.15, 0.2) is 23.0 Å². The van der Waals surface area contributed by atoms with Crippen LogP contribution in [0.1, 0.15) is 25.0 Å². The molecule has 0 aliphatic heterocycles. The smallest absolute Gasteiger partial charge is 0.314 e. The van der Waals surface area contributed by atoms with Crippen molar-refractivity contribution in [3.63, 3.8) is 0 Å². The Hall–Kier alpha value is -1.30. The maximum atomic E-state index is 12.7. The maximum absolute atomic E-state index is 12.7. The lowest BCUT2D eigenvalue weighted by Gasteiger charge is -2.14. The lowest BCUT2D eigenvalue weighted by molar-refractivity contribution is -0.144. The summed E-state index contributed by atoms with van der Waals surface area (Å²) in [5.74, 6) is 0. The predicted molar refractivity (Wildman–Crippen MR) is 61.3 cm³/mol. The molecular weight excluding hydrogens is 245 g/mol. The Morgan fingerprint density at radius 1 is 1.33 bits per heavy atom. The van der Waals surface area contributed by atoms with Gasteiger partial charge in [0.15, 0.2) is 0 Å². The van der Waals surface area contributed by atoms with E-state index < -0.39 is 17.4 Å². The van der Waals surface area contributed by atoms with Crippen LogP contribution in [-0.4, -0.2) is 17.2 Å². The van der Waals surface area contributed by atoms with Gasteiger partial charge in [-0.15, -0.1) is 0 Å². The van der Waals surface area contributed by atoms with Crippen molar-refractivity contribution in [2.75, 3.05) is 6.54 Å². The number of alkyl halides is 3. The predicted octanol–water partition coefficient (Wildman–Crippen LogP) is 2.01. The van der Waals surface area contributed by atoms with E-state index in [1.165, 1.54) is 0 Å². The van der Waals surface area contributed by atoms with Crippen LogP contribution in [0.25, 0.3) is 0 Å². The number of hydrogen-bond donors (Lipinski definition) is 1. The second kappa shape index (κ2) is 5.14. The molecule has 1 N–H and O–H groups in total. The highest BCUT2D eigenvalue weighted by atomic mass is 19.4. The molecule has 100 valence electrons. The van der Waals surface area contributed by atoms with Crippen LogP contribution >= 0.6 is 0 Å². The molecule has 1 aromatic heterocycles. The number of nitrogens with one attached hydrogen (secondary N) is 1. The highest BCUT2D eigenvalue weighted by Crippen LogP contribution is 2.28. The molecule has 1 saturated carbocycles. The van der Waals surface area contributed by atoms with Crippen molar-refractivity contribution in [1.82, 2.24) is 9.88 Å². The molecule has 18 heavy (non-hydrogen) atoms. The molecule has 0 aromatic carbocycles. The summed E-state index contributed by atoms with van der Waals surface area (Å²) in [5.41, 5.74) is -1.47. The molecule has 1 aromatic rings. The van der Waals surface area contributed by atoms with E-state index in [9.17, 15) is 18.0 Å². The SMILES string of the molecule is O=c1cccc(C(F)(F)F)n1CCCNC1CC1. The van der Waals surface area contributed by atoms with E-state index in [4.69, 9.17) is 0 Å². The Bertz CT molecular complexity index is 463. The minimum Gasteiger partial charge on any atom is -0.314 e. The fourth-order valence-electron chi connectivity index (χ4n) is 1.83. The zero-order chi connectivity index (χ0) is 13.2. The van der Waals surface area contributed by atoms with E-state index in [-0.39, 0.29) is 6.54 Å². The summed E-state index contributed by atoms with van der Waals surface area (Å²) in [6, 6.07) is 3.77. The average molecular weight is 260 g/mol. The molecule has 0 spiro atoms. The van der Waals surface area contributed by atoms with Crippen LogP contribution in [-0.2, 0) is 12.7 Å². The molecule has 6 heteroatoms. The molecule has 2 rings (SSSR count). The van der Waals surface area contributed by atoms with Crippen LogP contribution in [0.4, 0.5) is 13.2 Å². The maximum Gasteiger partial charge on any atom is 0.431 e.